The summed E-state index contributed by atoms with van der Waals surface area (Å²) >= 11 is 1.51. The number of fused-ring (bicyclic) bond motifs is 1. The molecular weight excluding hydrogens is 284 g/mol. The molecule has 1 aromatic carbocycles. The Morgan fingerprint density at radius 2 is 2.14 bits per heavy atom. The second-order valence-electron chi connectivity index (χ2n) is 5.45. The standard InChI is InChI=1S/C16H20N2O2S/c19-9-14(20)10-21-16-12(8-17-13-5-6-13)7-11-3-1-2-4-15(11)18-16/h1-4,7,13-14,17,19-20H,5-6,8-10H2. The normalized spacial score (nSPS) is 16.3. The monoisotopic (exact) mass is 304 g/mol. The van der Waals surface area contributed by atoms with Gasteiger partial charge in [-0.15, -0.1) is 11.8 Å². The summed E-state index contributed by atoms with van der Waals surface area (Å²) in [7, 11) is 0. The van der Waals surface area contributed by atoms with Gasteiger partial charge in [0.15, 0.2) is 0 Å². The maximum Gasteiger partial charge on any atom is 0.101 e. The number of aliphatic hydroxyl groups is 2. The van der Waals surface area contributed by atoms with Crippen LogP contribution in [0.4, 0.5) is 0 Å². The predicted octanol–water partition coefficient (Wildman–Crippen LogP) is 1.93. The van der Waals surface area contributed by atoms with Gasteiger partial charge in [0.05, 0.1) is 18.2 Å². The minimum atomic E-state index is -0.701. The molecule has 3 rings (SSSR count). The van der Waals surface area contributed by atoms with Gasteiger partial charge in [0.25, 0.3) is 0 Å². The Hall–Kier alpha value is -1.14. The van der Waals surface area contributed by atoms with Crippen molar-refractivity contribution in [3.63, 3.8) is 0 Å². The molecule has 1 aliphatic carbocycles. The maximum absolute atomic E-state index is 9.54. The van der Waals surface area contributed by atoms with Crippen molar-refractivity contribution < 1.29 is 10.2 Å². The number of aliphatic hydroxyl groups excluding tert-OH is 2. The molecule has 1 fully saturated rings. The molecule has 1 saturated carbocycles. The smallest absolute Gasteiger partial charge is 0.101 e. The average molecular weight is 304 g/mol. The van der Waals surface area contributed by atoms with Crippen molar-refractivity contribution in [3.8, 4) is 0 Å². The molecule has 0 radical (unpaired) electrons. The summed E-state index contributed by atoms with van der Waals surface area (Å²) in [5.41, 5.74) is 2.13. The number of rotatable bonds is 7. The predicted molar refractivity (Wildman–Crippen MR) is 85.4 cm³/mol. The SMILES string of the molecule is OCC(O)CSc1nc2ccccc2cc1CNC1CC1. The van der Waals surface area contributed by atoms with E-state index >= 15 is 0 Å². The first-order valence-electron chi connectivity index (χ1n) is 7.30. The fraction of sp³-hybridized carbons (Fsp3) is 0.438. The van der Waals surface area contributed by atoms with E-state index in [1.165, 1.54) is 24.6 Å². The molecule has 0 amide bonds. The van der Waals surface area contributed by atoms with E-state index in [2.05, 4.69) is 17.4 Å². The molecule has 2 aromatic rings. The van der Waals surface area contributed by atoms with Crippen LogP contribution in [0.1, 0.15) is 18.4 Å². The first-order chi connectivity index (χ1) is 10.3. The molecule has 112 valence electrons. The highest BCUT2D eigenvalue weighted by Crippen LogP contribution is 2.27. The summed E-state index contributed by atoms with van der Waals surface area (Å²) < 4.78 is 0. The van der Waals surface area contributed by atoms with Crippen LogP contribution in [-0.2, 0) is 6.54 Å². The number of para-hydroxylation sites is 1. The van der Waals surface area contributed by atoms with Crippen molar-refractivity contribution in [2.45, 2.75) is 36.6 Å². The summed E-state index contributed by atoms with van der Waals surface area (Å²) in [6, 6.07) is 10.9. The van der Waals surface area contributed by atoms with Gasteiger partial charge in [-0.1, -0.05) is 18.2 Å². The Balaban J connectivity index is 1.83. The van der Waals surface area contributed by atoms with Crippen molar-refractivity contribution in [2.75, 3.05) is 12.4 Å². The minimum absolute atomic E-state index is 0.212. The molecule has 0 aliphatic heterocycles. The van der Waals surface area contributed by atoms with Crippen LogP contribution in [0.25, 0.3) is 10.9 Å². The number of nitrogens with one attached hydrogen (secondary N) is 1. The molecular formula is C16H20N2O2S. The summed E-state index contributed by atoms with van der Waals surface area (Å²) in [6.45, 7) is 0.594. The Morgan fingerprint density at radius 1 is 1.33 bits per heavy atom. The zero-order chi connectivity index (χ0) is 14.7. The van der Waals surface area contributed by atoms with Gasteiger partial charge in [-0.05, 0) is 30.5 Å². The Morgan fingerprint density at radius 3 is 2.90 bits per heavy atom. The second-order valence-corrected chi connectivity index (χ2v) is 6.46. The lowest BCUT2D eigenvalue weighted by molar-refractivity contribution is 0.113. The van der Waals surface area contributed by atoms with Crippen LogP contribution in [0.3, 0.4) is 0 Å². The topological polar surface area (TPSA) is 65.4 Å². The third-order valence-corrected chi connectivity index (χ3v) is 4.72. The van der Waals surface area contributed by atoms with Crippen LogP contribution in [-0.4, -0.2) is 39.7 Å². The number of hydrogen-bond acceptors (Lipinski definition) is 5. The number of pyridine rings is 1. The Kier molecular flexibility index (Phi) is 4.75. The fourth-order valence-corrected chi connectivity index (χ4v) is 3.10. The van der Waals surface area contributed by atoms with E-state index in [0.717, 1.165) is 28.0 Å². The molecule has 4 nitrogen and oxygen atoms in total. The number of thioether (sulfide) groups is 1. The van der Waals surface area contributed by atoms with Crippen molar-refractivity contribution in [2.24, 2.45) is 0 Å². The molecule has 1 heterocycles. The zero-order valence-corrected chi connectivity index (χ0v) is 12.6. The van der Waals surface area contributed by atoms with Gasteiger partial charge >= 0.3 is 0 Å². The molecule has 0 saturated heterocycles. The van der Waals surface area contributed by atoms with E-state index in [-0.39, 0.29) is 6.61 Å². The quantitative estimate of drug-likeness (QED) is 0.682. The first-order valence-corrected chi connectivity index (χ1v) is 8.28. The molecule has 21 heavy (non-hydrogen) atoms. The lowest BCUT2D eigenvalue weighted by Gasteiger charge is -2.12. The lowest BCUT2D eigenvalue weighted by atomic mass is 10.1. The zero-order valence-electron chi connectivity index (χ0n) is 11.8. The van der Waals surface area contributed by atoms with Crippen LogP contribution in [0.2, 0.25) is 0 Å². The fourth-order valence-electron chi connectivity index (χ4n) is 2.16. The third-order valence-electron chi connectivity index (χ3n) is 3.54. The van der Waals surface area contributed by atoms with Crippen LogP contribution < -0.4 is 5.32 Å². The van der Waals surface area contributed by atoms with E-state index in [1.54, 1.807) is 0 Å². The molecule has 0 spiro atoms. The molecule has 0 bridgehead atoms. The molecule has 3 N–H and O–H groups in total. The summed E-state index contributed by atoms with van der Waals surface area (Å²) in [5, 5.41) is 24.1. The van der Waals surface area contributed by atoms with E-state index < -0.39 is 6.10 Å². The highest BCUT2D eigenvalue weighted by molar-refractivity contribution is 7.99. The number of hydrogen-bond donors (Lipinski definition) is 3. The Labute approximate surface area is 128 Å². The van der Waals surface area contributed by atoms with Gasteiger partial charge in [0, 0.05) is 23.7 Å². The van der Waals surface area contributed by atoms with Crippen molar-refractivity contribution in [1.29, 1.82) is 0 Å². The molecule has 5 heteroatoms. The van der Waals surface area contributed by atoms with E-state index in [9.17, 15) is 5.11 Å². The molecule has 1 aliphatic rings. The minimum Gasteiger partial charge on any atom is -0.394 e. The van der Waals surface area contributed by atoms with Crippen LogP contribution >= 0.6 is 11.8 Å². The largest absolute Gasteiger partial charge is 0.394 e. The van der Waals surface area contributed by atoms with Gasteiger partial charge in [-0.3, -0.25) is 0 Å². The highest BCUT2D eigenvalue weighted by atomic mass is 32.2. The van der Waals surface area contributed by atoms with Crippen molar-refractivity contribution in [3.05, 3.63) is 35.9 Å². The van der Waals surface area contributed by atoms with E-state index in [1.807, 2.05) is 18.2 Å². The van der Waals surface area contributed by atoms with Gasteiger partial charge in [0.1, 0.15) is 5.03 Å². The molecule has 1 atom stereocenters. The van der Waals surface area contributed by atoms with Crippen LogP contribution in [0.15, 0.2) is 35.4 Å². The summed E-state index contributed by atoms with van der Waals surface area (Å²) in [6.07, 6.45) is 1.81. The molecule has 1 unspecified atom stereocenters. The van der Waals surface area contributed by atoms with E-state index in [4.69, 9.17) is 10.1 Å². The van der Waals surface area contributed by atoms with Crippen molar-refractivity contribution >= 4 is 22.7 Å². The average Bonchev–Trinajstić information content (AvgIpc) is 3.34. The van der Waals surface area contributed by atoms with Crippen LogP contribution in [0, 0.1) is 0 Å². The number of benzene rings is 1. The van der Waals surface area contributed by atoms with Gasteiger partial charge in [0.2, 0.25) is 0 Å². The lowest BCUT2D eigenvalue weighted by Crippen LogP contribution is -2.17. The van der Waals surface area contributed by atoms with Gasteiger partial charge in [-0.25, -0.2) is 4.98 Å². The van der Waals surface area contributed by atoms with Crippen LogP contribution in [0.5, 0.6) is 0 Å². The second kappa shape index (κ2) is 6.75. The summed E-state index contributed by atoms with van der Waals surface area (Å²) in [4.78, 5) is 4.71. The summed E-state index contributed by atoms with van der Waals surface area (Å²) in [5.74, 6) is 0.457. The first kappa shape index (κ1) is 14.8. The Bertz CT molecular complexity index is 616. The number of nitrogens with zero attached hydrogens (tertiary/aromatic N) is 1. The van der Waals surface area contributed by atoms with Crippen molar-refractivity contribution in [1.82, 2.24) is 10.3 Å². The van der Waals surface area contributed by atoms with Gasteiger partial charge in [-0.2, -0.15) is 0 Å². The van der Waals surface area contributed by atoms with Gasteiger partial charge < -0.3 is 15.5 Å². The number of aromatic nitrogens is 1. The highest BCUT2D eigenvalue weighted by Gasteiger charge is 2.21. The third kappa shape index (κ3) is 3.95. The maximum atomic E-state index is 9.54. The van der Waals surface area contributed by atoms with E-state index in [0.29, 0.717) is 11.8 Å². The molecule has 1 aromatic heterocycles.